The fourth-order valence-electron chi connectivity index (χ4n) is 2.70. The first-order valence-corrected chi connectivity index (χ1v) is 8.67. The van der Waals surface area contributed by atoms with Crippen LogP contribution < -0.4 is 5.32 Å². The van der Waals surface area contributed by atoms with Crippen LogP contribution in [0.4, 0.5) is 5.69 Å². The SMILES string of the molecule is O=C(Nc1cccc(-c2nc3ccccc3[nH]2)c1)c1cc(Cl)ccc1Cl. The number of halogens is 2. The molecule has 0 aliphatic heterocycles. The summed E-state index contributed by atoms with van der Waals surface area (Å²) in [7, 11) is 0. The first-order valence-electron chi connectivity index (χ1n) is 7.92. The predicted octanol–water partition coefficient (Wildman–Crippen LogP) is 5.79. The van der Waals surface area contributed by atoms with Gasteiger partial charge in [0.25, 0.3) is 5.91 Å². The molecule has 128 valence electrons. The van der Waals surface area contributed by atoms with E-state index in [-0.39, 0.29) is 5.91 Å². The minimum atomic E-state index is -0.320. The number of nitrogens with one attached hydrogen (secondary N) is 2. The Morgan fingerprint density at radius 1 is 0.962 bits per heavy atom. The molecule has 0 bridgehead atoms. The van der Waals surface area contributed by atoms with Gasteiger partial charge in [-0.05, 0) is 42.5 Å². The first-order chi connectivity index (χ1) is 12.6. The maximum absolute atomic E-state index is 12.5. The highest BCUT2D eigenvalue weighted by atomic mass is 35.5. The van der Waals surface area contributed by atoms with E-state index in [1.165, 1.54) is 0 Å². The van der Waals surface area contributed by atoms with Crippen molar-refractivity contribution >= 4 is 45.8 Å². The quantitative estimate of drug-likeness (QED) is 0.471. The monoisotopic (exact) mass is 381 g/mol. The van der Waals surface area contributed by atoms with E-state index in [1.54, 1.807) is 18.2 Å². The molecule has 4 nitrogen and oxygen atoms in total. The first kappa shape index (κ1) is 16.6. The number of aromatic nitrogens is 2. The molecule has 0 saturated heterocycles. The number of H-pyrrole nitrogens is 1. The zero-order valence-corrected chi connectivity index (χ0v) is 15.0. The Hall–Kier alpha value is -2.82. The number of amides is 1. The number of benzene rings is 3. The van der Waals surface area contributed by atoms with E-state index in [1.807, 2.05) is 48.5 Å². The van der Waals surface area contributed by atoms with Crippen LogP contribution in [0.15, 0.2) is 66.7 Å². The largest absolute Gasteiger partial charge is 0.338 e. The number of rotatable bonds is 3. The molecular weight excluding hydrogens is 369 g/mol. The normalized spacial score (nSPS) is 10.8. The number of imidazole rings is 1. The van der Waals surface area contributed by atoms with Crippen LogP contribution in [-0.2, 0) is 0 Å². The minimum absolute atomic E-state index is 0.320. The topological polar surface area (TPSA) is 57.8 Å². The van der Waals surface area contributed by atoms with Gasteiger partial charge in [0.2, 0.25) is 0 Å². The lowest BCUT2D eigenvalue weighted by Gasteiger charge is -2.08. The lowest BCUT2D eigenvalue weighted by Crippen LogP contribution is -2.12. The van der Waals surface area contributed by atoms with Crippen LogP contribution in [0.1, 0.15) is 10.4 Å². The summed E-state index contributed by atoms with van der Waals surface area (Å²) in [5, 5.41) is 3.65. The number of carbonyl (C=O) groups is 1. The molecule has 0 fully saturated rings. The summed E-state index contributed by atoms with van der Waals surface area (Å²) in [4.78, 5) is 20.4. The van der Waals surface area contributed by atoms with Gasteiger partial charge in [0.15, 0.2) is 0 Å². The standard InChI is InChI=1S/C20H13Cl2N3O/c21-13-8-9-16(22)15(11-13)20(26)23-14-5-3-4-12(10-14)19-24-17-6-1-2-7-18(17)25-19/h1-11H,(H,23,26)(H,24,25). The van der Waals surface area contributed by atoms with Crippen molar-refractivity contribution in [3.05, 3.63) is 82.3 Å². The van der Waals surface area contributed by atoms with E-state index in [0.29, 0.717) is 21.3 Å². The summed E-state index contributed by atoms with van der Waals surface area (Å²) in [5.74, 6) is 0.419. The molecule has 6 heteroatoms. The van der Waals surface area contributed by atoms with Crippen LogP contribution in [0.25, 0.3) is 22.4 Å². The molecule has 1 amide bonds. The zero-order chi connectivity index (χ0) is 18.1. The van der Waals surface area contributed by atoms with E-state index in [4.69, 9.17) is 23.2 Å². The minimum Gasteiger partial charge on any atom is -0.338 e. The second-order valence-electron chi connectivity index (χ2n) is 5.76. The molecule has 4 rings (SSSR count). The molecule has 4 aromatic rings. The van der Waals surface area contributed by atoms with Crippen LogP contribution >= 0.6 is 23.2 Å². The molecule has 0 spiro atoms. The third-order valence-electron chi connectivity index (χ3n) is 3.96. The van der Waals surface area contributed by atoms with Gasteiger partial charge in [-0.15, -0.1) is 0 Å². The van der Waals surface area contributed by atoms with E-state index in [9.17, 15) is 4.79 Å². The maximum Gasteiger partial charge on any atom is 0.257 e. The fourth-order valence-corrected chi connectivity index (χ4v) is 3.08. The molecule has 1 heterocycles. The summed E-state index contributed by atoms with van der Waals surface area (Å²) in [6, 6.07) is 20.1. The van der Waals surface area contributed by atoms with Gasteiger partial charge in [0, 0.05) is 16.3 Å². The van der Waals surface area contributed by atoms with Gasteiger partial charge in [0.1, 0.15) is 5.82 Å². The van der Waals surface area contributed by atoms with Crippen LogP contribution in [0.5, 0.6) is 0 Å². The number of nitrogens with zero attached hydrogens (tertiary/aromatic N) is 1. The Labute approximate surface area is 159 Å². The number of carbonyl (C=O) groups excluding carboxylic acids is 1. The third kappa shape index (κ3) is 3.29. The molecular formula is C20H13Cl2N3O. The van der Waals surface area contributed by atoms with Gasteiger partial charge < -0.3 is 10.3 Å². The summed E-state index contributed by atoms with van der Waals surface area (Å²) in [6.07, 6.45) is 0. The zero-order valence-electron chi connectivity index (χ0n) is 13.5. The van der Waals surface area contributed by atoms with E-state index >= 15 is 0 Å². The summed E-state index contributed by atoms with van der Waals surface area (Å²) in [5.41, 5.74) is 3.69. The van der Waals surface area contributed by atoms with Crippen molar-refractivity contribution in [2.75, 3.05) is 5.32 Å². The predicted molar refractivity (Wildman–Crippen MR) is 106 cm³/mol. The van der Waals surface area contributed by atoms with E-state index in [0.717, 1.165) is 22.4 Å². The highest BCUT2D eigenvalue weighted by molar-refractivity contribution is 6.36. The summed E-state index contributed by atoms with van der Waals surface area (Å²) >= 11 is 12.1. The van der Waals surface area contributed by atoms with Crippen molar-refractivity contribution in [1.29, 1.82) is 0 Å². The summed E-state index contributed by atoms with van der Waals surface area (Å²) in [6.45, 7) is 0. The van der Waals surface area contributed by atoms with Crippen molar-refractivity contribution in [3.8, 4) is 11.4 Å². The van der Waals surface area contributed by atoms with Gasteiger partial charge in [-0.1, -0.05) is 47.5 Å². The van der Waals surface area contributed by atoms with Crippen molar-refractivity contribution in [2.24, 2.45) is 0 Å². The van der Waals surface area contributed by atoms with E-state index in [2.05, 4.69) is 15.3 Å². The Bertz CT molecular complexity index is 1090. The second-order valence-corrected chi connectivity index (χ2v) is 6.61. The van der Waals surface area contributed by atoms with Crippen LogP contribution in [0, 0.1) is 0 Å². The molecule has 26 heavy (non-hydrogen) atoms. The molecule has 1 aromatic heterocycles. The number of fused-ring (bicyclic) bond motifs is 1. The number of hydrogen-bond acceptors (Lipinski definition) is 2. The van der Waals surface area contributed by atoms with Crippen molar-refractivity contribution in [3.63, 3.8) is 0 Å². The van der Waals surface area contributed by atoms with Gasteiger partial charge in [-0.2, -0.15) is 0 Å². The van der Waals surface area contributed by atoms with Gasteiger partial charge in [0.05, 0.1) is 21.6 Å². The van der Waals surface area contributed by atoms with Crippen LogP contribution in [-0.4, -0.2) is 15.9 Å². The molecule has 0 saturated carbocycles. The average molecular weight is 382 g/mol. The van der Waals surface area contributed by atoms with Gasteiger partial charge in [-0.3, -0.25) is 4.79 Å². The fraction of sp³-hybridized carbons (Fsp3) is 0. The summed E-state index contributed by atoms with van der Waals surface area (Å²) < 4.78 is 0. The second kappa shape index (κ2) is 6.83. The number of para-hydroxylation sites is 2. The Kier molecular flexibility index (Phi) is 4.37. The Balaban J connectivity index is 1.63. The Morgan fingerprint density at radius 2 is 1.81 bits per heavy atom. The van der Waals surface area contributed by atoms with Crippen molar-refractivity contribution < 1.29 is 4.79 Å². The van der Waals surface area contributed by atoms with E-state index < -0.39 is 0 Å². The molecule has 0 aliphatic carbocycles. The number of anilines is 1. The van der Waals surface area contributed by atoms with Gasteiger partial charge in [-0.25, -0.2) is 4.98 Å². The molecule has 3 aromatic carbocycles. The van der Waals surface area contributed by atoms with Gasteiger partial charge >= 0.3 is 0 Å². The Morgan fingerprint density at radius 3 is 2.65 bits per heavy atom. The molecule has 0 radical (unpaired) electrons. The van der Waals surface area contributed by atoms with Crippen LogP contribution in [0.2, 0.25) is 10.0 Å². The maximum atomic E-state index is 12.5. The van der Waals surface area contributed by atoms with Crippen molar-refractivity contribution in [2.45, 2.75) is 0 Å². The smallest absolute Gasteiger partial charge is 0.257 e. The highest BCUT2D eigenvalue weighted by Gasteiger charge is 2.12. The number of aromatic amines is 1. The highest BCUT2D eigenvalue weighted by Crippen LogP contribution is 2.25. The molecule has 0 atom stereocenters. The lowest BCUT2D eigenvalue weighted by atomic mass is 10.1. The van der Waals surface area contributed by atoms with Crippen LogP contribution in [0.3, 0.4) is 0 Å². The average Bonchev–Trinajstić information content (AvgIpc) is 3.08. The molecule has 0 unspecified atom stereocenters. The lowest BCUT2D eigenvalue weighted by molar-refractivity contribution is 0.102. The molecule has 2 N–H and O–H groups in total. The van der Waals surface area contributed by atoms with Crippen molar-refractivity contribution in [1.82, 2.24) is 9.97 Å². The number of hydrogen-bond donors (Lipinski definition) is 2. The molecule has 0 aliphatic rings. The third-order valence-corrected chi connectivity index (χ3v) is 4.52.